The lowest BCUT2D eigenvalue weighted by molar-refractivity contribution is 0.246. The first kappa shape index (κ1) is 12.5. The summed E-state index contributed by atoms with van der Waals surface area (Å²) < 4.78 is 5.60. The summed E-state index contributed by atoms with van der Waals surface area (Å²) in [6, 6.07) is 8.21. The maximum atomic E-state index is 5.60. The van der Waals surface area contributed by atoms with Gasteiger partial charge in [0.1, 0.15) is 11.8 Å². The van der Waals surface area contributed by atoms with Crippen LogP contribution in [0.2, 0.25) is 0 Å². The molecule has 1 N–H and O–H groups in total. The number of piperazine rings is 1. The topological polar surface area (TPSA) is 31.6 Å². The number of nitrogens with zero attached hydrogens (tertiary/aromatic N) is 2. The van der Waals surface area contributed by atoms with Gasteiger partial charge in [-0.3, -0.25) is 4.90 Å². The van der Waals surface area contributed by atoms with E-state index in [1.807, 2.05) is 18.4 Å². The molecule has 1 aromatic carbocycles. The number of para-hydroxylation sites is 1. The zero-order valence-corrected chi connectivity index (χ0v) is 11.4. The Balaban J connectivity index is 1.64. The highest BCUT2D eigenvalue weighted by atomic mass is 16.3. The molecule has 2 aromatic rings. The van der Waals surface area contributed by atoms with Gasteiger partial charge >= 0.3 is 0 Å². The molecule has 1 aliphatic heterocycles. The molecular formula is C15H21N3O. The van der Waals surface area contributed by atoms with Crippen molar-refractivity contribution < 1.29 is 4.42 Å². The number of hydrogen-bond donors (Lipinski definition) is 1. The molecule has 102 valence electrons. The Hall–Kier alpha value is -1.52. The van der Waals surface area contributed by atoms with Crippen LogP contribution in [0.4, 0.5) is 5.69 Å². The SMILES string of the molecule is CN(CCN1CCNCC1)c1coc2ccccc12. The molecule has 2 heterocycles. The fourth-order valence-corrected chi connectivity index (χ4v) is 2.61. The van der Waals surface area contributed by atoms with Gasteiger partial charge in [0.05, 0.1) is 5.69 Å². The molecule has 4 nitrogen and oxygen atoms in total. The molecule has 0 unspecified atom stereocenters. The van der Waals surface area contributed by atoms with Crippen molar-refractivity contribution in [3.05, 3.63) is 30.5 Å². The standard InChI is InChI=1S/C15H21N3O/c1-17(10-11-18-8-6-16-7-9-18)14-12-19-15-5-3-2-4-13(14)15/h2-5,12,16H,6-11H2,1H3. The van der Waals surface area contributed by atoms with Gasteiger partial charge in [-0.25, -0.2) is 0 Å². The number of benzene rings is 1. The number of anilines is 1. The van der Waals surface area contributed by atoms with Crippen LogP contribution in [0.25, 0.3) is 11.0 Å². The van der Waals surface area contributed by atoms with Gasteiger partial charge in [-0.05, 0) is 12.1 Å². The van der Waals surface area contributed by atoms with E-state index in [-0.39, 0.29) is 0 Å². The lowest BCUT2D eigenvalue weighted by Gasteiger charge is -2.29. The molecule has 19 heavy (non-hydrogen) atoms. The Labute approximate surface area is 114 Å². The molecule has 1 fully saturated rings. The monoisotopic (exact) mass is 259 g/mol. The second kappa shape index (κ2) is 5.63. The first-order chi connectivity index (χ1) is 9.34. The maximum Gasteiger partial charge on any atom is 0.136 e. The third-order valence-corrected chi connectivity index (χ3v) is 3.83. The summed E-state index contributed by atoms with van der Waals surface area (Å²) in [5.41, 5.74) is 2.15. The number of furan rings is 1. The van der Waals surface area contributed by atoms with E-state index in [0.29, 0.717) is 0 Å². The molecule has 0 aliphatic carbocycles. The quantitative estimate of drug-likeness (QED) is 0.907. The number of hydrogen-bond acceptors (Lipinski definition) is 4. The van der Waals surface area contributed by atoms with Crippen LogP contribution in [-0.4, -0.2) is 51.2 Å². The molecule has 0 spiro atoms. The Morgan fingerprint density at radius 1 is 1.26 bits per heavy atom. The Morgan fingerprint density at radius 3 is 2.89 bits per heavy atom. The van der Waals surface area contributed by atoms with Gasteiger partial charge in [-0.1, -0.05) is 12.1 Å². The minimum Gasteiger partial charge on any atom is -0.462 e. The molecule has 3 rings (SSSR count). The van der Waals surface area contributed by atoms with E-state index >= 15 is 0 Å². The highest BCUT2D eigenvalue weighted by molar-refractivity contribution is 5.90. The van der Waals surface area contributed by atoms with Gasteiger partial charge in [0.15, 0.2) is 0 Å². The molecule has 0 bridgehead atoms. The highest BCUT2D eigenvalue weighted by Gasteiger charge is 2.13. The van der Waals surface area contributed by atoms with Crippen LogP contribution < -0.4 is 10.2 Å². The normalized spacial score (nSPS) is 16.9. The zero-order chi connectivity index (χ0) is 13.1. The summed E-state index contributed by atoms with van der Waals surface area (Å²) >= 11 is 0. The van der Waals surface area contributed by atoms with Crippen LogP contribution in [0.3, 0.4) is 0 Å². The van der Waals surface area contributed by atoms with E-state index in [1.54, 1.807) is 0 Å². The number of likely N-dealkylation sites (N-methyl/N-ethyl adjacent to an activating group) is 1. The Bertz CT molecular complexity index is 531. The molecule has 0 atom stereocenters. The molecule has 1 aliphatic rings. The average Bonchev–Trinajstić information content (AvgIpc) is 2.90. The van der Waals surface area contributed by atoms with Gasteiger partial charge in [0, 0.05) is 51.7 Å². The Kier molecular flexibility index (Phi) is 3.71. The van der Waals surface area contributed by atoms with Gasteiger partial charge in [-0.2, -0.15) is 0 Å². The van der Waals surface area contributed by atoms with Crippen LogP contribution in [0.5, 0.6) is 0 Å². The first-order valence-electron chi connectivity index (χ1n) is 6.95. The van der Waals surface area contributed by atoms with E-state index in [1.165, 1.54) is 11.1 Å². The second-order valence-electron chi connectivity index (χ2n) is 5.13. The van der Waals surface area contributed by atoms with E-state index in [2.05, 4.69) is 34.3 Å². The largest absolute Gasteiger partial charge is 0.462 e. The van der Waals surface area contributed by atoms with Crippen LogP contribution in [-0.2, 0) is 0 Å². The van der Waals surface area contributed by atoms with Gasteiger partial charge in [0.25, 0.3) is 0 Å². The third kappa shape index (κ3) is 2.74. The summed E-state index contributed by atoms with van der Waals surface area (Å²) in [4.78, 5) is 4.79. The van der Waals surface area contributed by atoms with Crippen molar-refractivity contribution in [2.45, 2.75) is 0 Å². The first-order valence-corrected chi connectivity index (χ1v) is 6.95. The lowest BCUT2D eigenvalue weighted by Crippen LogP contribution is -2.45. The summed E-state index contributed by atoms with van der Waals surface area (Å²) in [5.74, 6) is 0. The minimum absolute atomic E-state index is 0.964. The summed E-state index contributed by atoms with van der Waals surface area (Å²) in [5, 5.41) is 4.58. The molecule has 0 radical (unpaired) electrons. The van der Waals surface area contributed by atoms with Crippen molar-refractivity contribution in [3.8, 4) is 0 Å². The van der Waals surface area contributed by atoms with E-state index in [4.69, 9.17) is 4.42 Å². The van der Waals surface area contributed by atoms with Crippen molar-refractivity contribution in [2.24, 2.45) is 0 Å². The van der Waals surface area contributed by atoms with Crippen molar-refractivity contribution in [1.82, 2.24) is 10.2 Å². The van der Waals surface area contributed by atoms with Crippen LogP contribution >= 0.6 is 0 Å². The third-order valence-electron chi connectivity index (χ3n) is 3.83. The van der Waals surface area contributed by atoms with Gasteiger partial charge < -0.3 is 14.6 Å². The van der Waals surface area contributed by atoms with E-state index in [9.17, 15) is 0 Å². The van der Waals surface area contributed by atoms with E-state index in [0.717, 1.165) is 44.9 Å². The highest BCUT2D eigenvalue weighted by Crippen LogP contribution is 2.27. The van der Waals surface area contributed by atoms with Gasteiger partial charge in [-0.15, -0.1) is 0 Å². The van der Waals surface area contributed by atoms with Crippen LogP contribution in [0.15, 0.2) is 34.9 Å². The predicted octanol–water partition coefficient (Wildman–Crippen LogP) is 1.77. The smallest absolute Gasteiger partial charge is 0.136 e. The van der Waals surface area contributed by atoms with Crippen LogP contribution in [0, 0.1) is 0 Å². The van der Waals surface area contributed by atoms with Crippen molar-refractivity contribution in [3.63, 3.8) is 0 Å². The predicted molar refractivity (Wildman–Crippen MR) is 78.8 cm³/mol. The number of rotatable bonds is 4. The van der Waals surface area contributed by atoms with E-state index < -0.39 is 0 Å². The minimum atomic E-state index is 0.964. The molecule has 1 saturated heterocycles. The average molecular weight is 259 g/mol. The second-order valence-corrected chi connectivity index (χ2v) is 5.13. The summed E-state index contributed by atoms with van der Waals surface area (Å²) in [6.07, 6.45) is 1.86. The molecule has 0 amide bonds. The van der Waals surface area contributed by atoms with Crippen molar-refractivity contribution in [2.75, 3.05) is 51.2 Å². The lowest BCUT2D eigenvalue weighted by atomic mass is 10.2. The Morgan fingerprint density at radius 2 is 2.05 bits per heavy atom. The molecular weight excluding hydrogens is 238 g/mol. The molecule has 0 saturated carbocycles. The maximum absolute atomic E-state index is 5.60. The summed E-state index contributed by atoms with van der Waals surface area (Å²) in [6.45, 7) is 6.66. The van der Waals surface area contributed by atoms with Crippen molar-refractivity contribution >= 4 is 16.7 Å². The van der Waals surface area contributed by atoms with Crippen LogP contribution in [0.1, 0.15) is 0 Å². The molecule has 4 heteroatoms. The molecule has 1 aromatic heterocycles. The number of nitrogens with one attached hydrogen (secondary N) is 1. The van der Waals surface area contributed by atoms with Crippen molar-refractivity contribution in [1.29, 1.82) is 0 Å². The zero-order valence-electron chi connectivity index (χ0n) is 11.4. The number of fused-ring (bicyclic) bond motifs is 1. The summed E-state index contributed by atoms with van der Waals surface area (Å²) in [7, 11) is 2.14. The fourth-order valence-electron chi connectivity index (χ4n) is 2.61. The van der Waals surface area contributed by atoms with Gasteiger partial charge in [0.2, 0.25) is 0 Å². The fraction of sp³-hybridized carbons (Fsp3) is 0.467.